The van der Waals surface area contributed by atoms with Crippen LogP contribution in [0, 0.1) is 6.92 Å². The van der Waals surface area contributed by atoms with Crippen molar-refractivity contribution in [3.05, 3.63) is 53.2 Å². The summed E-state index contributed by atoms with van der Waals surface area (Å²) in [7, 11) is 0. The Hall–Kier alpha value is -2.05. The Labute approximate surface area is 136 Å². The van der Waals surface area contributed by atoms with Crippen LogP contribution in [0.2, 0.25) is 5.02 Å². The second kappa shape index (κ2) is 6.37. The lowest BCUT2D eigenvalue weighted by atomic mass is 10.2. The Balaban J connectivity index is 1.66. The first kappa shape index (κ1) is 14.9. The van der Waals surface area contributed by atoms with Gasteiger partial charge in [-0.05, 0) is 36.8 Å². The minimum atomic E-state index is -0.108. The van der Waals surface area contributed by atoms with Crippen molar-refractivity contribution in [2.75, 3.05) is 11.1 Å². The zero-order valence-electron chi connectivity index (χ0n) is 11.8. The van der Waals surface area contributed by atoms with Crippen LogP contribution in [0.3, 0.4) is 0 Å². The topological polar surface area (TPSA) is 59.3 Å². The number of carbonyl (C=O) groups is 1. The van der Waals surface area contributed by atoms with Gasteiger partial charge in [0.2, 0.25) is 5.91 Å². The fourth-order valence-electron chi connectivity index (χ4n) is 1.96. The Morgan fingerprint density at radius 3 is 3.05 bits per heavy atom. The van der Waals surface area contributed by atoms with Crippen LogP contribution in [-0.2, 0) is 4.79 Å². The standard InChI is InChI=1S/C15H13ClN4OS/c1-10-5-6-11(16)8-12(10)17-14(21)9-22-15-19-18-13-4-2-3-7-20(13)15/h2-8H,9H2,1H3,(H,17,21). The summed E-state index contributed by atoms with van der Waals surface area (Å²) < 4.78 is 1.85. The van der Waals surface area contributed by atoms with Crippen LogP contribution in [0.5, 0.6) is 0 Å². The zero-order valence-corrected chi connectivity index (χ0v) is 13.4. The highest BCUT2D eigenvalue weighted by Crippen LogP contribution is 2.21. The number of aryl methyl sites for hydroxylation is 1. The fourth-order valence-corrected chi connectivity index (χ4v) is 2.86. The minimum Gasteiger partial charge on any atom is -0.325 e. The van der Waals surface area contributed by atoms with Gasteiger partial charge in [0.15, 0.2) is 10.8 Å². The van der Waals surface area contributed by atoms with Gasteiger partial charge in [0.05, 0.1) is 5.75 Å². The number of fused-ring (bicyclic) bond motifs is 1. The first-order valence-electron chi connectivity index (χ1n) is 6.62. The van der Waals surface area contributed by atoms with Gasteiger partial charge in [0, 0.05) is 16.9 Å². The molecule has 0 fully saturated rings. The molecule has 3 rings (SSSR count). The number of nitrogens with one attached hydrogen (secondary N) is 1. The predicted molar refractivity (Wildman–Crippen MR) is 88.5 cm³/mol. The van der Waals surface area contributed by atoms with Crippen molar-refractivity contribution in [2.45, 2.75) is 12.1 Å². The summed E-state index contributed by atoms with van der Waals surface area (Å²) in [4.78, 5) is 12.1. The van der Waals surface area contributed by atoms with E-state index in [4.69, 9.17) is 11.6 Å². The molecular weight excluding hydrogens is 320 g/mol. The lowest BCUT2D eigenvalue weighted by Crippen LogP contribution is -2.15. The van der Waals surface area contributed by atoms with E-state index in [9.17, 15) is 4.79 Å². The number of thioether (sulfide) groups is 1. The third-order valence-corrected chi connectivity index (χ3v) is 4.27. The van der Waals surface area contributed by atoms with Gasteiger partial charge in [-0.25, -0.2) is 0 Å². The predicted octanol–water partition coefficient (Wildman–Crippen LogP) is 3.42. The number of aromatic nitrogens is 3. The molecule has 3 aromatic rings. The Bertz CT molecular complexity index is 833. The molecule has 22 heavy (non-hydrogen) atoms. The van der Waals surface area contributed by atoms with Crippen LogP contribution in [0.25, 0.3) is 5.65 Å². The molecule has 0 radical (unpaired) electrons. The van der Waals surface area contributed by atoms with Crippen molar-refractivity contribution in [2.24, 2.45) is 0 Å². The Morgan fingerprint density at radius 2 is 2.18 bits per heavy atom. The van der Waals surface area contributed by atoms with E-state index in [-0.39, 0.29) is 11.7 Å². The molecule has 5 nitrogen and oxygen atoms in total. The van der Waals surface area contributed by atoms with Gasteiger partial charge in [-0.2, -0.15) is 0 Å². The van der Waals surface area contributed by atoms with E-state index in [1.54, 1.807) is 12.1 Å². The Morgan fingerprint density at radius 1 is 1.32 bits per heavy atom. The molecule has 1 amide bonds. The van der Waals surface area contributed by atoms with Gasteiger partial charge in [-0.15, -0.1) is 10.2 Å². The number of hydrogen-bond acceptors (Lipinski definition) is 4. The average Bonchev–Trinajstić information content (AvgIpc) is 2.92. The van der Waals surface area contributed by atoms with Gasteiger partial charge in [0.25, 0.3) is 0 Å². The van der Waals surface area contributed by atoms with Crippen molar-refractivity contribution < 1.29 is 4.79 Å². The second-order valence-corrected chi connectivity index (χ2v) is 6.09. The first-order chi connectivity index (χ1) is 10.6. The fraction of sp³-hybridized carbons (Fsp3) is 0.133. The molecule has 0 aliphatic carbocycles. The third-order valence-electron chi connectivity index (χ3n) is 3.09. The highest BCUT2D eigenvalue weighted by Gasteiger charge is 2.10. The van der Waals surface area contributed by atoms with Crippen LogP contribution in [0.1, 0.15) is 5.56 Å². The highest BCUT2D eigenvalue weighted by atomic mass is 35.5. The van der Waals surface area contributed by atoms with Crippen molar-refractivity contribution >= 4 is 40.6 Å². The summed E-state index contributed by atoms with van der Waals surface area (Å²) >= 11 is 7.28. The third kappa shape index (κ3) is 3.23. The number of anilines is 1. The monoisotopic (exact) mass is 332 g/mol. The van der Waals surface area contributed by atoms with Gasteiger partial charge in [-0.1, -0.05) is 35.5 Å². The smallest absolute Gasteiger partial charge is 0.234 e. The molecular formula is C15H13ClN4OS. The summed E-state index contributed by atoms with van der Waals surface area (Å²) in [6, 6.07) is 11.1. The molecule has 0 aliphatic rings. The summed E-state index contributed by atoms with van der Waals surface area (Å²) in [6.07, 6.45) is 1.87. The number of amides is 1. The number of hydrogen-bond donors (Lipinski definition) is 1. The largest absolute Gasteiger partial charge is 0.325 e. The van der Waals surface area contributed by atoms with Gasteiger partial charge in [0.1, 0.15) is 0 Å². The quantitative estimate of drug-likeness (QED) is 0.744. The maximum absolute atomic E-state index is 12.1. The van der Waals surface area contributed by atoms with Crippen molar-refractivity contribution in [3.63, 3.8) is 0 Å². The molecule has 0 atom stereocenters. The van der Waals surface area contributed by atoms with E-state index in [2.05, 4.69) is 15.5 Å². The molecule has 0 saturated heterocycles. The van der Waals surface area contributed by atoms with Crippen molar-refractivity contribution in [1.29, 1.82) is 0 Å². The average molecular weight is 333 g/mol. The lowest BCUT2D eigenvalue weighted by molar-refractivity contribution is -0.113. The number of halogens is 1. The molecule has 7 heteroatoms. The van der Waals surface area contributed by atoms with Gasteiger partial charge < -0.3 is 5.32 Å². The molecule has 0 aliphatic heterocycles. The number of benzene rings is 1. The van der Waals surface area contributed by atoms with Crippen LogP contribution < -0.4 is 5.32 Å². The molecule has 1 aromatic carbocycles. The maximum atomic E-state index is 12.1. The number of pyridine rings is 1. The van der Waals surface area contributed by atoms with E-state index in [1.807, 2.05) is 41.8 Å². The van der Waals surface area contributed by atoms with Crippen LogP contribution in [0.4, 0.5) is 5.69 Å². The highest BCUT2D eigenvalue weighted by molar-refractivity contribution is 7.99. The summed E-state index contributed by atoms with van der Waals surface area (Å²) in [5.41, 5.74) is 2.45. The number of carbonyl (C=O) groups excluding carboxylic acids is 1. The molecule has 0 saturated carbocycles. The molecule has 2 aromatic heterocycles. The number of nitrogens with zero attached hydrogens (tertiary/aromatic N) is 3. The van der Waals surface area contributed by atoms with E-state index < -0.39 is 0 Å². The molecule has 2 heterocycles. The van der Waals surface area contributed by atoms with E-state index >= 15 is 0 Å². The first-order valence-corrected chi connectivity index (χ1v) is 7.98. The molecule has 112 valence electrons. The Kier molecular flexibility index (Phi) is 4.31. The normalized spacial score (nSPS) is 10.8. The van der Waals surface area contributed by atoms with E-state index in [0.29, 0.717) is 10.2 Å². The van der Waals surface area contributed by atoms with Crippen LogP contribution >= 0.6 is 23.4 Å². The van der Waals surface area contributed by atoms with Gasteiger partial charge >= 0.3 is 0 Å². The summed E-state index contributed by atoms with van der Waals surface area (Å²) in [6.45, 7) is 1.92. The SMILES string of the molecule is Cc1ccc(Cl)cc1NC(=O)CSc1nnc2ccccn12. The molecule has 0 spiro atoms. The van der Waals surface area contributed by atoms with Crippen molar-refractivity contribution in [3.8, 4) is 0 Å². The van der Waals surface area contributed by atoms with E-state index in [1.165, 1.54) is 11.8 Å². The van der Waals surface area contributed by atoms with E-state index in [0.717, 1.165) is 16.9 Å². The van der Waals surface area contributed by atoms with Crippen LogP contribution in [-0.4, -0.2) is 26.3 Å². The minimum absolute atomic E-state index is 0.108. The zero-order chi connectivity index (χ0) is 15.5. The van der Waals surface area contributed by atoms with Crippen LogP contribution in [0.15, 0.2) is 47.8 Å². The van der Waals surface area contributed by atoms with Gasteiger partial charge in [-0.3, -0.25) is 9.20 Å². The second-order valence-electron chi connectivity index (χ2n) is 4.71. The molecule has 1 N–H and O–H groups in total. The molecule has 0 bridgehead atoms. The summed E-state index contributed by atoms with van der Waals surface area (Å²) in [5.74, 6) is 0.143. The summed E-state index contributed by atoms with van der Waals surface area (Å²) in [5, 5.41) is 12.3. The maximum Gasteiger partial charge on any atom is 0.234 e. The number of rotatable bonds is 4. The lowest BCUT2D eigenvalue weighted by Gasteiger charge is -2.08. The molecule has 0 unspecified atom stereocenters. The van der Waals surface area contributed by atoms with Crippen molar-refractivity contribution in [1.82, 2.24) is 14.6 Å².